The van der Waals surface area contributed by atoms with Gasteiger partial charge in [0.25, 0.3) is 0 Å². The summed E-state index contributed by atoms with van der Waals surface area (Å²) in [6.45, 7) is 3.50. The summed E-state index contributed by atoms with van der Waals surface area (Å²) in [4.78, 5) is 0. The highest BCUT2D eigenvalue weighted by Gasteiger charge is 2.32. The number of aliphatic hydroxyl groups excluding tert-OH is 1. The van der Waals surface area contributed by atoms with Crippen molar-refractivity contribution in [2.45, 2.75) is 37.8 Å². The molecule has 0 aromatic rings. The number of hydrogen-bond acceptors (Lipinski definition) is 4. The van der Waals surface area contributed by atoms with E-state index >= 15 is 0 Å². The zero-order valence-electron chi connectivity index (χ0n) is 9.83. The van der Waals surface area contributed by atoms with Crippen LogP contribution in [-0.2, 0) is 4.74 Å². The third-order valence-corrected chi connectivity index (χ3v) is 3.34. The molecule has 3 atom stereocenters. The quantitative estimate of drug-likeness (QED) is 0.589. The van der Waals surface area contributed by atoms with Gasteiger partial charge >= 0.3 is 0 Å². The molecule has 0 aromatic heterocycles. The molecule has 3 unspecified atom stereocenters. The van der Waals surface area contributed by atoms with Crippen molar-refractivity contribution in [1.29, 1.82) is 0 Å². The van der Waals surface area contributed by atoms with Crippen LogP contribution in [0.25, 0.3) is 0 Å². The van der Waals surface area contributed by atoms with Gasteiger partial charge in [-0.25, -0.2) is 0 Å². The predicted octanol–water partition coefficient (Wildman–Crippen LogP) is 0.101. The fourth-order valence-electron chi connectivity index (χ4n) is 2.37. The minimum Gasteiger partial charge on any atom is -0.396 e. The van der Waals surface area contributed by atoms with Gasteiger partial charge in [-0.15, -0.1) is 0 Å². The van der Waals surface area contributed by atoms with Gasteiger partial charge in [0.15, 0.2) is 0 Å². The Labute approximate surface area is 92.2 Å². The topological polar surface area (TPSA) is 67.5 Å². The Kier molecular flexibility index (Phi) is 4.99. The zero-order chi connectivity index (χ0) is 11.3. The molecule has 1 aliphatic carbocycles. The summed E-state index contributed by atoms with van der Waals surface area (Å²) < 4.78 is 5.17. The Morgan fingerprint density at radius 2 is 2.27 bits per heavy atom. The van der Waals surface area contributed by atoms with Crippen LogP contribution in [-0.4, -0.2) is 43.6 Å². The van der Waals surface area contributed by atoms with E-state index in [9.17, 15) is 5.11 Å². The maximum absolute atomic E-state index is 9.23. The molecule has 15 heavy (non-hydrogen) atoms. The van der Waals surface area contributed by atoms with Crippen molar-refractivity contribution < 1.29 is 9.84 Å². The molecule has 0 amide bonds. The molecule has 4 N–H and O–H groups in total. The lowest BCUT2D eigenvalue weighted by Crippen LogP contribution is -2.57. The van der Waals surface area contributed by atoms with E-state index in [4.69, 9.17) is 10.5 Å². The smallest absolute Gasteiger partial charge is 0.0654 e. The predicted molar refractivity (Wildman–Crippen MR) is 60.7 cm³/mol. The highest BCUT2D eigenvalue weighted by Crippen LogP contribution is 2.26. The van der Waals surface area contributed by atoms with E-state index in [2.05, 4.69) is 12.2 Å². The summed E-state index contributed by atoms with van der Waals surface area (Å²) in [6, 6.07) is 0.388. The molecule has 0 saturated heterocycles. The third-order valence-electron chi connectivity index (χ3n) is 3.34. The summed E-state index contributed by atoms with van der Waals surface area (Å²) in [5.74, 6) is 0.382. The second kappa shape index (κ2) is 5.80. The van der Waals surface area contributed by atoms with Crippen molar-refractivity contribution in [3.05, 3.63) is 0 Å². The molecule has 0 aromatic carbocycles. The Balaban J connectivity index is 2.50. The second-order valence-corrected chi connectivity index (χ2v) is 4.82. The van der Waals surface area contributed by atoms with Crippen LogP contribution in [0.5, 0.6) is 0 Å². The van der Waals surface area contributed by atoms with Crippen molar-refractivity contribution in [2.24, 2.45) is 11.7 Å². The molecule has 1 saturated carbocycles. The van der Waals surface area contributed by atoms with Crippen LogP contribution in [0.2, 0.25) is 0 Å². The van der Waals surface area contributed by atoms with Gasteiger partial charge in [0.05, 0.1) is 12.1 Å². The molecule has 0 radical (unpaired) electrons. The molecule has 0 spiro atoms. The van der Waals surface area contributed by atoms with Gasteiger partial charge in [-0.1, -0.05) is 6.42 Å². The van der Waals surface area contributed by atoms with Gasteiger partial charge in [-0.05, 0) is 25.7 Å². The summed E-state index contributed by atoms with van der Waals surface area (Å²) in [5.41, 5.74) is 5.58. The van der Waals surface area contributed by atoms with Crippen LogP contribution in [0.3, 0.4) is 0 Å². The van der Waals surface area contributed by atoms with E-state index in [0.29, 0.717) is 25.1 Å². The molecule has 0 heterocycles. The van der Waals surface area contributed by atoms with Crippen molar-refractivity contribution in [3.8, 4) is 0 Å². The van der Waals surface area contributed by atoms with E-state index in [0.717, 1.165) is 12.8 Å². The van der Waals surface area contributed by atoms with E-state index in [1.165, 1.54) is 6.42 Å². The minimum absolute atomic E-state index is 0.169. The van der Waals surface area contributed by atoms with Crippen molar-refractivity contribution in [2.75, 3.05) is 26.9 Å². The Hall–Kier alpha value is -0.160. The molecule has 0 bridgehead atoms. The average molecular weight is 216 g/mol. The minimum atomic E-state index is -0.169. The Morgan fingerprint density at radius 1 is 1.53 bits per heavy atom. The number of ether oxygens (including phenoxy) is 1. The second-order valence-electron chi connectivity index (χ2n) is 4.82. The summed E-state index contributed by atoms with van der Waals surface area (Å²) in [6.07, 6.45) is 3.43. The van der Waals surface area contributed by atoms with Gasteiger partial charge in [-0.3, -0.25) is 0 Å². The zero-order valence-corrected chi connectivity index (χ0v) is 9.83. The Bertz CT molecular complexity index is 189. The fraction of sp³-hybridized carbons (Fsp3) is 1.00. The number of rotatable bonds is 6. The molecule has 0 aliphatic heterocycles. The Morgan fingerprint density at radius 3 is 2.80 bits per heavy atom. The monoisotopic (exact) mass is 216 g/mol. The lowest BCUT2D eigenvalue weighted by molar-refractivity contribution is 0.102. The maximum Gasteiger partial charge on any atom is 0.0654 e. The standard InChI is InChI=1S/C11H24N2O2/c1-11(7-12,8-15-2)13-10-5-3-4-9(10)6-14/h9-10,13-14H,3-8,12H2,1-2H3. The van der Waals surface area contributed by atoms with Crippen molar-refractivity contribution in [3.63, 3.8) is 0 Å². The number of nitrogens with one attached hydrogen (secondary N) is 1. The van der Waals surface area contributed by atoms with Crippen LogP contribution in [0.15, 0.2) is 0 Å². The molecule has 4 heteroatoms. The van der Waals surface area contributed by atoms with Crippen LogP contribution in [0.1, 0.15) is 26.2 Å². The van der Waals surface area contributed by atoms with Gasteiger partial charge in [-0.2, -0.15) is 0 Å². The van der Waals surface area contributed by atoms with E-state index in [1.807, 2.05) is 0 Å². The summed E-state index contributed by atoms with van der Waals surface area (Å²) >= 11 is 0. The van der Waals surface area contributed by atoms with Crippen LogP contribution < -0.4 is 11.1 Å². The maximum atomic E-state index is 9.23. The number of aliphatic hydroxyl groups is 1. The average Bonchev–Trinajstić information content (AvgIpc) is 2.65. The largest absolute Gasteiger partial charge is 0.396 e. The highest BCUT2D eigenvalue weighted by atomic mass is 16.5. The third kappa shape index (κ3) is 3.41. The van der Waals surface area contributed by atoms with E-state index in [-0.39, 0.29) is 12.1 Å². The summed E-state index contributed by atoms with van der Waals surface area (Å²) in [5, 5.41) is 12.8. The normalized spacial score (nSPS) is 30.4. The number of methoxy groups -OCH3 is 1. The van der Waals surface area contributed by atoms with Crippen LogP contribution >= 0.6 is 0 Å². The molecule has 1 rings (SSSR count). The first-order valence-corrected chi connectivity index (χ1v) is 5.73. The molecule has 90 valence electrons. The first kappa shape index (κ1) is 12.9. The van der Waals surface area contributed by atoms with Gasteiger partial charge in [0, 0.05) is 26.3 Å². The summed E-state index contributed by atoms with van der Waals surface area (Å²) in [7, 11) is 1.69. The first-order chi connectivity index (χ1) is 7.15. The van der Waals surface area contributed by atoms with Crippen LogP contribution in [0.4, 0.5) is 0 Å². The lowest BCUT2D eigenvalue weighted by atomic mass is 9.98. The molecule has 1 fully saturated rings. The van der Waals surface area contributed by atoms with Crippen molar-refractivity contribution in [1.82, 2.24) is 5.32 Å². The van der Waals surface area contributed by atoms with Crippen molar-refractivity contribution >= 4 is 0 Å². The van der Waals surface area contributed by atoms with E-state index < -0.39 is 0 Å². The lowest BCUT2D eigenvalue weighted by Gasteiger charge is -2.34. The highest BCUT2D eigenvalue weighted by molar-refractivity contribution is 4.92. The molecule has 4 nitrogen and oxygen atoms in total. The van der Waals surface area contributed by atoms with Gasteiger partial charge in [0.2, 0.25) is 0 Å². The van der Waals surface area contributed by atoms with Crippen LogP contribution in [0, 0.1) is 5.92 Å². The first-order valence-electron chi connectivity index (χ1n) is 5.73. The SMILES string of the molecule is COCC(C)(CN)NC1CCCC1CO. The van der Waals surface area contributed by atoms with Gasteiger partial charge in [0.1, 0.15) is 0 Å². The molecule has 1 aliphatic rings. The van der Waals surface area contributed by atoms with Gasteiger partial charge < -0.3 is 20.9 Å². The fourth-order valence-corrected chi connectivity index (χ4v) is 2.37. The number of nitrogens with two attached hydrogens (primary N) is 1. The molecular weight excluding hydrogens is 192 g/mol. The number of hydrogen-bond donors (Lipinski definition) is 3. The molecular formula is C11H24N2O2. The van der Waals surface area contributed by atoms with E-state index in [1.54, 1.807) is 7.11 Å².